The molecule has 0 unspecified atom stereocenters. The van der Waals surface area contributed by atoms with Crippen molar-refractivity contribution < 1.29 is 0 Å². The molecule has 146 valence electrons. The van der Waals surface area contributed by atoms with Gasteiger partial charge in [0, 0.05) is 35.8 Å². The van der Waals surface area contributed by atoms with E-state index in [2.05, 4.69) is 68.1 Å². The van der Waals surface area contributed by atoms with Crippen LogP contribution in [-0.2, 0) is 0 Å². The number of fused-ring (bicyclic) bond motifs is 1. The summed E-state index contributed by atoms with van der Waals surface area (Å²) in [7, 11) is 4.27. The molecule has 29 heavy (non-hydrogen) atoms. The topological polar surface area (TPSA) is 60.9 Å². The zero-order valence-electron chi connectivity index (χ0n) is 16.9. The normalized spacial score (nSPS) is 14.6. The molecule has 6 heteroatoms. The van der Waals surface area contributed by atoms with E-state index in [1.807, 2.05) is 31.3 Å². The molecule has 1 fully saturated rings. The van der Waals surface area contributed by atoms with E-state index >= 15 is 0 Å². The summed E-state index contributed by atoms with van der Waals surface area (Å²) in [5, 5.41) is 1.12. The first-order valence-corrected chi connectivity index (χ1v) is 9.87. The number of aryl methyl sites for hydroxylation is 1. The second kappa shape index (κ2) is 6.97. The molecule has 0 saturated carbocycles. The van der Waals surface area contributed by atoms with Crippen LogP contribution in [0.4, 0.5) is 5.69 Å². The monoisotopic (exact) mass is 384 g/mol. The molecular formula is C23H24N6. The van der Waals surface area contributed by atoms with Gasteiger partial charge in [0.25, 0.3) is 0 Å². The zero-order chi connectivity index (χ0) is 20.0. The molecule has 6 nitrogen and oxygen atoms in total. The summed E-state index contributed by atoms with van der Waals surface area (Å²) in [5.74, 6) is 0. The number of imidazole rings is 1. The van der Waals surface area contributed by atoms with E-state index in [4.69, 9.17) is 0 Å². The Morgan fingerprint density at radius 3 is 2.72 bits per heavy atom. The maximum absolute atomic E-state index is 4.67. The summed E-state index contributed by atoms with van der Waals surface area (Å²) in [4.78, 5) is 21.8. The van der Waals surface area contributed by atoms with Crippen molar-refractivity contribution in [3.05, 3.63) is 60.7 Å². The lowest BCUT2D eigenvalue weighted by atomic mass is 10.0. The van der Waals surface area contributed by atoms with Crippen LogP contribution in [0.3, 0.4) is 0 Å². The molecule has 0 spiro atoms. The van der Waals surface area contributed by atoms with Crippen LogP contribution >= 0.6 is 0 Å². The maximum Gasteiger partial charge on any atom is 0.0977 e. The number of hydrogen-bond acceptors (Lipinski definition) is 5. The molecule has 0 atom stereocenters. The Bertz CT molecular complexity index is 1170. The lowest BCUT2D eigenvalue weighted by Crippen LogP contribution is -2.57. The highest BCUT2D eigenvalue weighted by Gasteiger charge is 2.28. The van der Waals surface area contributed by atoms with Crippen molar-refractivity contribution in [3.63, 3.8) is 0 Å². The van der Waals surface area contributed by atoms with Crippen LogP contribution in [0.15, 0.2) is 55.0 Å². The van der Waals surface area contributed by atoms with Crippen molar-refractivity contribution in [2.24, 2.45) is 0 Å². The Morgan fingerprint density at radius 1 is 1.07 bits per heavy atom. The van der Waals surface area contributed by atoms with Crippen molar-refractivity contribution in [3.8, 4) is 22.6 Å². The maximum atomic E-state index is 4.67. The van der Waals surface area contributed by atoms with Crippen molar-refractivity contribution in [1.82, 2.24) is 24.8 Å². The summed E-state index contributed by atoms with van der Waals surface area (Å²) in [6.07, 6.45) is 3.71. The molecule has 1 aromatic carbocycles. The quantitative estimate of drug-likeness (QED) is 0.581. The lowest BCUT2D eigenvalue weighted by Gasteiger charge is -2.44. The number of anilines is 1. The first-order chi connectivity index (χ1) is 14.1. The highest BCUT2D eigenvalue weighted by atomic mass is 15.3. The first-order valence-electron chi connectivity index (χ1n) is 9.87. The van der Waals surface area contributed by atoms with Crippen LogP contribution in [0.25, 0.3) is 33.5 Å². The van der Waals surface area contributed by atoms with Crippen molar-refractivity contribution in [2.45, 2.75) is 13.0 Å². The fourth-order valence-electron chi connectivity index (χ4n) is 3.82. The van der Waals surface area contributed by atoms with Gasteiger partial charge in [-0.25, -0.2) is 4.98 Å². The third kappa shape index (κ3) is 3.25. The Morgan fingerprint density at radius 2 is 1.93 bits per heavy atom. The average molecular weight is 384 g/mol. The van der Waals surface area contributed by atoms with Gasteiger partial charge in [0.15, 0.2) is 0 Å². The van der Waals surface area contributed by atoms with Gasteiger partial charge in [0.1, 0.15) is 0 Å². The number of nitrogens with zero attached hydrogens (tertiary/aromatic N) is 5. The van der Waals surface area contributed by atoms with Crippen LogP contribution in [0.1, 0.15) is 5.69 Å². The summed E-state index contributed by atoms with van der Waals surface area (Å²) in [6, 6.07) is 15.2. The number of benzene rings is 1. The van der Waals surface area contributed by atoms with Gasteiger partial charge in [-0.05, 0) is 51.4 Å². The van der Waals surface area contributed by atoms with Crippen LogP contribution in [0.5, 0.6) is 0 Å². The van der Waals surface area contributed by atoms with Gasteiger partial charge < -0.3 is 14.8 Å². The van der Waals surface area contributed by atoms with Crippen LogP contribution < -0.4 is 4.90 Å². The molecule has 4 heterocycles. The van der Waals surface area contributed by atoms with Crippen molar-refractivity contribution in [2.75, 3.05) is 32.1 Å². The van der Waals surface area contributed by atoms with Gasteiger partial charge in [-0.1, -0.05) is 12.1 Å². The fraction of sp³-hybridized carbons (Fsp3) is 0.261. The molecule has 0 bridgehead atoms. The van der Waals surface area contributed by atoms with Crippen LogP contribution in [0, 0.1) is 6.92 Å². The van der Waals surface area contributed by atoms with E-state index in [-0.39, 0.29) is 0 Å². The van der Waals surface area contributed by atoms with E-state index in [1.165, 1.54) is 5.69 Å². The predicted molar refractivity (Wildman–Crippen MR) is 117 cm³/mol. The minimum atomic E-state index is 0.616. The fourth-order valence-corrected chi connectivity index (χ4v) is 3.82. The Hall–Kier alpha value is -3.25. The number of rotatable bonds is 4. The number of hydrogen-bond donors (Lipinski definition) is 1. The highest BCUT2D eigenvalue weighted by molar-refractivity contribution is 5.88. The second-order valence-corrected chi connectivity index (χ2v) is 7.91. The molecular weight excluding hydrogens is 360 g/mol. The van der Waals surface area contributed by atoms with E-state index in [1.54, 1.807) is 6.33 Å². The lowest BCUT2D eigenvalue weighted by molar-refractivity contribution is 0.247. The van der Waals surface area contributed by atoms with Crippen LogP contribution in [-0.4, -0.2) is 58.1 Å². The largest absolute Gasteiger partial charge is 0.367 e. The smallest absolute Gasteiger partial charge is 0.0977 e. The Labute approximate surface area is 170 Å². The molecule has 5 rings (SSSR count). The number of aromatic amines is 1. The van der Waals surface area contributed by atoms with Gasteiger partial charge in [-0.3, -0.25) is 9.97 Å². The minimum Gasteiger partial charge on any atom is -0.367 e. The molecule has 1 aliphatic rings. The molecule has 0 aliphatic carbocycles. The summed E-state index contributed by atoms with van der Waals surface area (Å²) in [6.45, 7) is 4.09. The Kier molecular flexibility index (Phi) is 4.28. The van der Waals surface area contributed by atoms with Gasteiger partial charge in [0.05, 0.1) is 40.8 Å². The van der Waals surface area contributed by atoms with Gasteiger partial charge in [-0.2, -0.15) is 0 Å². The third-order valence-corrected chi connectivity index (χ3v) is 5.68. The van der Waals surface area contributed by atoms with Crippen LogP contribution in [0.2, 0.25) is 0 Å². The number of pyridine rings is 2. The number of likely N-dealkylation sites (N-methyl/N-ethyl adjacent to an activating group) is 1. The van der Waals surface area contributed by atoms with Gasteiger partial charge >= 0.3 is 0 Å². The third-order valence-electron chi connectivity index (χ3n) is 5.68. The van der Waals surface area contributed by atoms with E-state index in [0.29, 0.717) is 6.04 Å². The van der Waals surface area contributed by atoms with Gasteiger partial charge in [-0.15, -0.1) is 0 Å². The predicted octanol–water partition coefficient (Wildman–Crippen LogP) is 3.75. The van der Waals surface area contributed by atoms with Crippen molar-refractivity contribution >= 4 is 16.6 Å². The number of nitrogens with one attached hydrogen (secondary N) is 1. The van der Waals surface area contributed by atoms with E-state index in [9.17, 15) is 0 Å². The molecule has 1 aliphatic heterocycles. The molecule has 0 radical (unpaired) electrons. The van der Waals surface area contributed by atoms with E-state index in [0.717, 1.165) is 52.3 Å². The summed E-state index contributed by atoms with van der Waals surface area (Å²) in [5.41, 5.74) is 6.97. The summed E-state index contributed by atoms with van der Waals surface area (Å²) < 4.78 is 0. The zero-order valence-corrected chi connectivity index (χ0v) is 16.9. The number of aromatic nitrogens is 4. The second-order valence-electron chi connectivity index (χ2n) is 7.91. The highest BCUT2D eigenvalue weighted by Crippen LogP contribution is 2.31. The molecule has 3 aromatic heterocycles. The number of H-pyrrole nitrogens is 1. The first kappa shape index (κ1) is 17.8. The summed E-state index contributed by atoms with van der Waals surface area (Å²) >= 11 is 0. The van der Waals surface area contributed by atoms with E-state index < -0.39 is 0 Å². The standard InChI is InChI=1S/C23H24N6/c1-15-5-4-6-21(27-15)23-22(25-14-26-23)16-7-8-20-17(9-16)10-18(11-24-20)29-12-19(13-29)28(2)3/h4-11,14,19H,12-13H2,1-3H3,(H,25,26). The molecule has 0 amide bonds. The Balaban J connectivity index is 1.50. The van der Waals surface area contributed by atoms with Gasteiger partial charge in [0.2, 0.25) is 0 Å². The molecule has 1 saturated heterocycles. The molecule has 4 aromatic rings. The SMILES string of the molecule is Cc1cccc(-c2[nH]cnc2-c2ccc3ncc(N4CC(N(C)C)C4)cc3c2)n1. The minimum absolute atomic E-state index is 0.616. The van der Waals surface area contributed by atoms with Crippen molar-refractivity contribution in [1.29, 1.82) is 0 Å². The molecule has 1 N–H and O–H groups in total. The average Bonchev–Trinajstić information content (AvgIpc) is 3.16.